The first kappa shape index (κ1) is 13.8. The molecule has 1 aromatic carbocycles. The topological polar surface area (TPSA) is 53.6 Å². The highest BCUT2D eigenvalue weighted by Crippen LogP contribution is 2.12. The summed E-state index contributed by atoms with van der Waals surface area (Å²) in [5, 5.41) is 6.11. The Hall–Kier alpha value is -1.59. The van der Waals surface area contributed by atoms with Crippen LogP contribution in [0.25, 0.3) is 0 Å². The average molecular weight is 263 g/mol. The van der Waals surface area contributed by atoms with Crippen LogP contribution in [0, 0.1) is 0 Å². The highest BCUT2D eigenvalue weighted by atomic mass is 16.5. The average Bonchev–Trinajstić information content (AvgIpc) is 2.92. The van der Waals surface area contributed by atoms with Gasteiger partial charge in [-0.1, -0.05) is 0 Å². The molecular formula is C14H21N3O2. The molecule has 2 rings (SSSR count). The third-order valence-corrected chi connectivity index (χ3v) is 3.13. The summed E-state index contributed by atoms with van der Waals surface area (Å²) in [4.78, 5) is 13.9. The van der Waals surface area contributed by atoms with Gasteiger partial charge in [0, 0.05) is 44.9 Å². The van der Waals surface area contributed by atoms with Gasteiger partial charge in [-0.25, -0.2) is 0 Å². The second kappa shape index (κ2) is 6.54. The smallest absolute Gasteiger partial charge is 0.251 e. The number of ether oxygens (including phenoxy) is 1. The van der Waals surface area contributed by atoms with Gasteiger partial charge in [-0.15, -0.1) is 0 Å². The molecule has 19 heavy (non-hydrogen) atoms. The minimum absolute atomic E-state index is 0.0386. The standard InChI is InChI=1S/C14H21N3O2/c1-17(2)12-5-3-11(4-6-12)14(18)16-8-7-13-15-9-10-19-13/h3-6,13,15H,7-10H2,1-2H3,(H,16,18). The fourth-order valence-corrected chi connectivity index (χ4v) is 2.00. The SMILES string of the molecule is CN(C)c1ccc(C(=O)NCCC2NCCO2)cc1. The molecule has 0 radical (unpaired) electrons. The van der Waals surface area contributed by atoms with Gasteiger partial charge in [0.15, 0.2) is 0 Å². The molecule has 1 aromatic rings. The van der Waals surface area contributed by atoms with Crippen molar-refractivity contribution in [3.63, 3.8) is 0 Å². The van der Waals surface area contributed by atoms with Gasteiger partial charge in [0.25, 0.3) is 5.91 Å². The number of hydrogen-bond acceptors (Lipinski definition) is 4. The Kier molecular flexibility index (Phi) is 4.76. The molecule has 0 aromatic heterocycles. The number of rotatable bonds is 5. The lowest BCUT2D eigenvalue weighted by Crippen LogP contribution is -2.31. The van der Waals surface area contributed by atoms with Crippen LogP contribution in [0.1, 0.15) is 16.8 Å². The molecule has 5 nitrogen and oxygen atoms in total. The molecule has 0 spiro atoms. The molecule has 1 aliphatic rings. The zero-order valence-corrected chi connectivity index (χ0v) is 11.5. The van der Waals surface area contributed by atoms with E-state index >= 15 is 0 Å². The summed E-state index contributed by atoms with van der Waals surface area (Å²) in [6, 6.07) is 7.57. The van der Waals surface area contributed by atoms with Gasteiger partial charge in [-0.05, 0) is 24.3 Å². The summed E-state index contributed by atoms with van der Waals surface area (Å²) in [5.74, 6) is -0.0386. The van der Waals surface area contributed by atoms with E-state index < -0.39 is 0 Å². The Morgan fingerprint density at radius 1 is 1.42 bits per heavy atom. The first-order valence-corrected chi connectivity index (χ1v) is 6.57. The van der Waals surface area contributed by atoms with Crippen LogP contribution < -0.4 is 15.5 Å². The number of anilines is 1. The van der Waals surface area contributed by atoms with Crippen LogP contribution in [0.15, 0.2) is 24.3 Å². The molecule has 1 amide bonds. The normalized spacial score (nSPS) is 18.3. The third kappa shape index (κ3) is 3.94. The van der Waals surface area contributed by atoms with E-state index in [1.54, 1.807) is 0 Å². The zero-order valence-electron chi connectivity index (χ0n) is 11.5. The highest BCUT2D eigenvalue weighted by Gasteiger charge is 2.14. The summed E-state index contributed by atoms with van der Waals surface area (Å²) in [5.41, 5.74) is 1.77. The van der Waals surface area contributed by atoms with Crippen LogP contribution in [0.2, 0.25) is 0 Å². The number of nitrogens with zero attached hydrogens (tertiary/aromatic N) is 1. The van der Waals surface area contributed by atoms with Crippen LogP contribution in [-0.4, -0.2) is 45.9 Å². The van der Waals surface area contributed by atoms with Crippen molar-refractivity contribution in [3.8, 4) is 0 Å². The quantitative estimate of drug-likeness (QED) is 0.826. The maximum atomic E-state index is 11.9. The van der Waals surface area contributed by atoms with E-state index in [0.29, 0.717) is 12.1 Å². The highest BCUT2D eigenvalue weighted by molar-refractivity contribution is 5.94. The summed E-state index contributed by atoms with van der Waals surface area (Å²) >= 11 is 0. The lowest BCUT2D eigenvalue weighted by atomic mass is 10.2. The summed E-state index contributed by atoms with van der Waals surface area (Å²) in [6.07, 6.45) is 0.873. The van der Waals surface area contributed by atoms with Crippen LogP contribution >= 0.6 is 0 Å². The van der Waals surface area contributed by atoms with Crippen LogP contribution in [-0.2, 0) is 4.74 Å². The largest absolute Gasteiger partial charge is 0.378 e. The van der Waals surface area contributed by atoms with Crippen molar-refractivity contribution in [1.82, 2.24) is 10.6 Å². The Bertz CT molecular complexity index is 411. The van der Waals surface area contributed by atoms with Crippen LogP contribution in [0.4, 0.5) is 5.69 Å². The van der Waals surface area contributed by atoms with Crippen molar-refractivity contribution in [3.05, 3.63) is 29.8 Å². The molecule has 1 aliphatic heterocycles. The van der Waals surface area contributed by atoms with Gasteiger partial charge in [0.1, 0.15) is 6.23 Å². The van der Waals surface area contributed by atoms with E-state index in [2.05, 4.69) is 10.6 Å². The number of carbonyl (C=O) groups excluding carboxylic acids is 1. The summed E-state index contributed by atoms with van der Waals surface area (Å²) < 4.78 is 5.41. The molecule has 0 saturated carbocycles. The third-order valence-electron chi connectivity index (χ3n) is 3.13. The van der Waals surface area contributed by atoms with Crippen molar-refractivity contribution in [1.29, 1.82) is 0 Å². The van der Waals surface area contributed by atoms with E-state index in [1.807, 2.05) is 43.3 Å². The van der Waals surface area contributed by atoms with Gasteiger partial charge in [-0.2, -0.15) is 0 Å². The molecule has 5 heteroatoms. The predicted molar refractivity (Wildman–Crippen MR) is 75.5 cm³/mol. The number of carbonyl (C=O) groups is 1. The molecule has 1 atom stereocenters. The minimum atomic E-state index is -0.0386. The maximum absolute atomic E-state index is 11.9. The van der Waals surface area contributed by atoms with Gasteiger partial charge >= 0.3 is 0 Å². The van der Waals surface area contributed by atoms with Gasteiger partial charge < -0.3 is 15.0 Å². The Labute approximate surface area is 113 Å². The van der Waals surface area contributed by atoms with Crippen LogP contribution in [0.5, 0.6) is 0 Å². The molecule has 1 fully saturated rings. The molecule has 1 heterocycles. The van der Waals surface area contributed by atoms with Crippen molar-refractivity contribution in [2.24, 2.45) is 0 Å². The zero-order chi connectivity index (χ0) is 13.7. The molecule has 1 saturated heterocycles. The van der Waals surface area contributed by atoms with Crippen molar-refractivity contribution >= 4 is 11.6 Å². The summed E-state index contributed by atoms with van der Waals surface area (Å²) in [7, 11) is 3.95. The van der Waals surface area contributed by atoms with Gasteiger partial charge in [0.05, 0.1) is 6.61 Å². The van der Waals surface area contributed by atoms with Gasteiger partial charge in [0.2, 0.25) is 0 Å². The Balaban J connectivity index is 1.78. The van der Waals surface area contributed by atoms with Crippen molar-refractivity contribution in [2.75, 3.05) is 38.7 Å². The van der Waals surface area contributed by atoms with E-state index in [1.165, 1.54) is 0 Å². The Morgan fingerprint density at radius 2 is 2.16 bits per heavy atom. The predicted octanol–water partition coefficient (Wildman–Crippen LogP) is 0.818. The lowest BCUT2D eigenvalue weighted by molar-refractivity contribution is 0.0870. The number of hydrogen-bond donors (Lipinski definition) is 2. The monoisotopic (exact) mass is 263 g/mol. The second-order valence-electron chi connectivity index (χ2n) is 4.80. The molecule has 0 bridgehead atoms. The van der Waals surface area contributed by atoms with Crippen molar-refractivity contribution in [2.45, 2.75) is 12.6 Å². The summed E-state index contributed by atoms with van der Waals surface area (Å²) in [6.45, 7) is 2.27. The van der Waals surface area contributed by atoms with Gasteiger partial charge in [-0.3, -0.25) is 10.1 Å². The minimum Gasteiger partial charge on any atom is -0.378 e. The number of amides is 1. The van der Waals surface area contributed by atoms with E-state index in [9.17, 15) is 4.79 Å². The molecule has 104 valence electrons. The first-order chi connectivity index (χ1) is 9.16. The number of benzene rings is 1. The van der Waals surface area contributed by atoms with E-state index in [4.69, 9.17) is 4.74 Å². The maximum Gasteiger partial charge on any atom is 0.251 e. The molecule has 1 unspecified atom stereocenters. The number of nitrogens with one attached hydrogen (secondary N) is 2. The lowest BCUT2D eigenvalue weighted by Gasteiger charge is -2.13. The molecular weight excluding hydrogens is 242 g/mol. The molecule has 2 N–H and O–H groups in total. The second-order valence-corrected chi connectivity index (χ2v) is 4.80. The fraction of sp³-hybridized carbons (Fsp3) is 0.500. The fourth-order valence-electron chi connectivity index (χ4n) is 2.00. The van der Waals surface area contributed by atoms with E-state index in [-0.39, 0.29) is 12.1 Å². The van der Waals surface area contributed by atoms with E-state index in [0.717, 1.165) is 25.3 Å². The Morgan fingerprint density at radius 3 is 2.74 bits per heavy atom. The van der Waals surface area contributed by atoms with Crippen LogP contribution in [0.3, 0.4) is 0 Å². The molecule has 0 aliphatic carbocycles. The van der Waals surface area contributed by atoms with Crippen molar-refractivity contribution < 1.29 is 9.53 Å². The first-order valence-electron chi connectivity index (χ1n) is 6.57.